The van der Waals surface area contributed by atoms with Crippen molar-refractivity contribution in [1.29, 1.82) is 0 Å². The minimum absolute atomic E-state index is 0.205. The van der Waals surface area contributed by atoms with Crippen molar-refractivity contribution in [2.24, 2.45) is 0 Å². The zero-order chi connectivity index (χ0) is 22.5. The second-order valence-electron chi connectivity index (χ2n) is 8.37. The molecular weight excluding hydrogens is 440 g/mol. The Labute approximate surface area is 192 Å². The molecule has 2 aliphatic rings. The second kappa shape index (κ2) is 11.3. The molecule has 174 valence electrons. The van der Waals surface area contributed by atoms with Crippen LogP contribution >= 0.6 is 23.4 Å². The summed E-state index contributed by atoms with van der Waals surface area (Å²) in [5.74, 6) is 0.194. The lowest BCUT2D eigenvalue weighted by Gasteiger charge is -2.44. The molecule has 9 unspecified atom stereocenters. The largest absolute Gasteiger partial charge is 0.388 e. The van der Waals surface area contributed by atoms with Crippen molar-refractivity contribution in [3.05, 3.63) is 35.9 Å². The highest BCUT2D eigenvalue weighted by molar-refractivity contribution is 7.99. The number of carbonyl (C=O) groups is 1. The van der Waals surface area contributed by atoms with E-state index in [1.807, 2.05) is 18.2 Å². The van der Waals surface area contributed by atoms with E-state index in [9.17, 15) is 20.1 Å². The predicted octanol–water partition coefficient (Wildman–Crippen LogP) is 1.19. The Morgan fingerprint density at radius 2 is 1.87 bits per heavy atom. The fourth-order valence-corrected chi connectivity index (χ4v) is 5.30. The summed E-state index contributed by atoms with van der Waals surface area (Å²) < 4.78 is 5.83. The number of hydrogen-bond donors (Lipinski definition) is 5. The van der Waals surface area contributed by atoms with Gasteiger partial charge in [0, 0.05) is 0 Å². The average molecular weight is 473 g/mol. The molecule has 1 amide bonds. The molecule has 2 aliphatic heterocycles. The summed E-state index contributed by atoms with van der Waals surface area (Å²) in [7, 11) is 0. The maximum atomic E-state index is 13.1. The van der Waals surface area contributed by atoms with Gasteiger partial charge in [-0.15, -0.1) is 23.4 Å². The number of halogens is 1. The lowest BCUT2D eigenvalue weighted by atomic mass is 9.91. The third-order valence-electron chi connectivity index (χ3n) is 6.27. The van der Waals surface area contributed by atoms with Crippen LogP contribution in [0.5, 0.6) is 0 Å². The Morgan fingerprint density at radius 3 is 2.52 bits per heavy atom. The van der Waals surface area contributed by atoms with Crippen molar-refractivity contribution < 1.29 is 24.9 Å². The molecule has 1 aromatic carbocycles. The fourth-order valence-electron chi connectivity index (χ4n) is 4.42. The Hall–Kier alpha value is -0.870. The van der Waals surface area contributed by atoms with E-state index >= 15 is 0 Å². The molecule has 31 heavy (non-hydrogen) atoms. The summed E-state index contributed by atoms with van der Waals surface area (Å²) in [6.45, 7) is 2.43. The molecule has 0 aromatic heterocycles. The first-order valence-corrected chi connectivity index (χ1v) is 12.5. The molecule has 0 aliphatic carbocycles. The lowest BCUT2D eigenvalue weighted by molar-refractivity contribution is -0.205. The number of ether oxygens (including phenoxy) is 1. The first-order chi connectivity index (χ1) is 14.8. The van der Waals surface area contributed by atoms with Crippen molar-refractivity contribution in [3.63, 3.8) is 0 Å². The number of hydrogen-bond acceptors (Lipinski definition) is 7. The van der Waals surface area contributed by atoms with Gasteiger partial charge in [-0.25, -0.2) is 0 Å². The third-order valence-corrected chi connectivity index (χ3v) is 7.40. The highest BCUT2D eigenvalue weighted by atomic mass is 35.5. The maximum Gasteiger partial charge on any atom is 0.237 e. The summed E-state index contributed by atoms with van der Waals surface area (Å²) in [6, 6.07) is 9.22. The minimum atomic E-state index is -1.38. The molecule has 1 aromatic rings. The Balaban J connectivity index is 1.65. The van der Waals surface area contributed by atoms with E-state index < -0.39 is 41.3 Å². The van der Waals surface area contributed by atoms with Gasteiger partial charge in [-0.1, -0.05) is 30.3 Å². The highest BCUT2D eigenvalue weighted by Crippen LogP contribution is 2.31. The van der Waals surface area contributed by atoms with Crippen LogP contribution in [-0.2, 0) is 9.53 Å². The van der Waals surface area contributed by atoms with Crippen LogP contribution in [0.4, 0.5) is 0 Å². The van der Waals surface area contributed by atoms with Gasteiger partial charge >= 0.3 is 0 Å². The summed E-state index contributed by atoms with van der Waals surface area (Å²) in [5.41, 5.74) is 0.563. The van der Waals surface area contributed by atoms with Crippen LogP contribution in [0.15, 0.2) is 30.3 Å². The molecule has 2 saturated heterocycles. The standard InChI is InChI=1S/C22H33ClN2O5S/c1-12(23)16(20-18(27)17(26)19(28)22(30-20)31-2)25-21(29)15-9-8-14(10-11-24-15)13-6-4-3-5-7-13/h3-7,12,14-20,22,24,26-28H,8-11H2,1-2H3,(H,25,29). The predicted molar refractivity (Wildman–Crippen MR) is 122 cm³/mol. The van der Waals surface area contributed by atoms with Crippen molar-refractivity contribution in [3.8, 4) is 0 Å². The van der Waals surface area contributed by atoms with Crippen LogP contribution in [0, 0.1) is 0 Å². The van der Waals surface area contributed by atoms with E-state index in [0.717, 1.165) is 19.4 Å². The molecular formula is C22H33ClN2O5S. The molecule has 0 saturated carbocycles. The maximum absolute atomic E-state index is 13.1. The quantitative estimate of drug-likeness (QED) is 0.395. The van der Waals surface area contributed by atoms with Gasteiger partial charge in [-0.2, -0.15) is 0 Å². The van der Waals surface area contributed by atoms with Gasteiger partial charge in [0.25, 0.3) is 0 Å². The van der Waals surface area contributed by atoms with Crippen LogP contribution in [0.1, 0.15) is 37.7 Å². The first-order valence-electron chi connectivity index (χ1n) is 10.8. The number of aliphatic hydroxyl groups excluding tert-OH is 3. The van der Waals surface area contributed by atoms with Crippen molar-refractivity contribution in [2.45, 2.75) is 79.4 Å². The van der Waals surface area contributed by atoms with Crippen LogP contribution in [0.25, 0.3) is 0 Å². The Kier molecular flexibility index (Phi) is 9.04. The molecule has 3 rings (SSSR count). The van der Waals surface area contributed by atoms with E-state index in [2.05, 4.69) is 22.8 Å². The van der Waals surface area contributed by atoms with Crippen molar-refractivity contribution in [2.75, 3.05) is 12.8 Å². The van der Waals surface area contributed by atoms with Gasteiger partial charge in [0.05, 0.1) is 17.5 Å². The first kappa shape index (κ1) is 24.8. The average Bonchev–Trinajstić information content (AvgIpc) is 3.03. The highest BCUT2D eigenvalue weighted by Gasteiger charge is 2.48. The lowest BCUT2D eigenvalue weighted by Crippen LogP contribution is -2.65. The summed E-state index contributed by atoms with van der Waals surface area (Å²) >= 11 is 7.59. The Morgan fingerprint density at radius 1 is 1.16 bits per heavy atom. The van der Waals surface area contributed by atoms with E-state index in [1.54, 1.807) is 13.2 Å². The monoisotopic (exact) mass is 472 g/mol. The third kappa shape index (κ3) is 5.93. The van der Waals surface area contributed by atoms with Gasteiger partial charge in [0.2, 0.25) is 5.91 Å². The number of nitrogens with one attached hydrogen (secondary N) is 2. The molecule has 5 N–H and O–H groups in total. The number of amides is 1. The number of thioether (sulfide) groups is 1. The summed E-state index contributed by atoms with van der Waals surface area (Å²) in [4.78, 5) is 13.1. The van der Waals surface area contributed by atoms with E-state index in [4.69, 9.17) is 16.3 Å². The normalized spacial score (nSPS) is 36.3. The number of benzene rings is 1. The Bertz CT molecular complexity index is 710. The van der Waals surface area contributed by atoms with Gasteiger partial charge in [-0.3, -0.25) is 4.79 Å². The molecule has 9 atom stereocenters. The summed E-state index contributed by atoms with van der Waals surface area (Å²) in [6.07, 6.45) is -0.644. The van der Waals surface area contributed by atoms with Crippen LogP contribution in [0.3, 0.4) is 0 Å². The van der Waals surface area contributed by atoms with Crippen LogP contribution in [0.2, 0.25) is 0 Å². The number of aliphatic hydroxyl groups is 3. The van der Waals surface area contributed by atoms with E-state index in [-0.39, 0.29) is 11.9 Å². The van der Waals surface area contributed by atoms with Gasteiger partial charge in [0.1, 0.15) is 29.9 Å². The second-order valence-corrected chi connectivity index (χ2v) is 9.99. The number of alkyl halides is 1. The molecule has 7 nitrogen and oxygen atoms in total. The topological polar surface area (TPSA) is 111 Å². The SMILES string of the molecule is CSC1OC(C(NC(=O)C2CCC(c3ccccc3)CCN2)C(C)Cl)C(O)C(O)C1O. The van der Waals surface area contributed by atoms with Crippen molar-refractivity contribution >= 4 is 29.3 Å². The smallest absolute Gasteiger partial charge is 0.237 e. The molecule has 2 heterocycles. The van der Waals surface area contributed by atoms with Gasteiger partial charge in [-0.05, 0) is 50.5 Å². The van der Waals surface area contributed by atoms with Gasteiger partial charge < -0.3 is 30.7 Å². The van der Waals surface area contributed by atoms with E-state index in [0.29, 0.717) is 12.3 Å². The number of rotatable bonds is 6. The minimum Gasteiger partial charge on any atom is -0.388 e. The number of carbonyl (C=O) groups excluding carboxylic acids is 1. The van der Waals surface area contributed by atoms with Crippen molar-refractivity contribution in [1.82, 2.24) is 10.6 Å². The van der Waals surface area contributed by atoms with E-state index in [1.165, 1.54) is 17.3 Å². The van der Waals surface area contributed by atoms with Gasteiger partial charge in [0.15, 0.2) is 0 Å². The zero-order valence-electron chi connectivity index (χ0n) is 17.9. The van der Waals surface area contributed by atoms with Crippen LogP contribution in [-0.4, -0.2) is 81.3 Å². The zero-order valence-corrected chi connectivity index (χ0v) is 19.4. The molecule has 0 radical (unpaired) electrons. The fraction of sp³-hybridized carbons (Fsp3) is 0.682. The molecule has 0 bridgehead atoms. The molecule has 0 spiro atoms. The molecule has 2 fully saturated rings. The van der Waals surface area contributed by atoms with Crippen LogP contribution < -0.4 is 10.6 Å². The summed E-state index contributed by atoms with van der Waals surface area (Å²) in [5, 5.41) is 36.5. The molecule has 9 heteroatoms.